The molecule has 1 aromatic heterocycles. The third-order valence-electron chi connectivity index (χ3n) is 4.62. The maximum absolute atomic E-state index is 12.6. The Morgan fingerprint density at radius 1 is 1.28 bits per heavy atom. The monoisotopic (exact) mass is 419 g/mol. The number of hydrogen-bond acceptors (Lipinski definition) is 4. The molecule has 0 bridgehead atoms. The molecule has 1 aromatic carbocycles. The van der Waals surface area contributed by atoms with Gasteiger partial charge in [0.1, 0.15) is 6.04 Å². The fourth-order valence-corrected chi connectivity index (χ4v) is 4.29. The number of amides is 2. The molecular weight excluding hydrogens is 402 g/mol. The second-order valence-electron chi connectivity index (χ2n) is 6.50. The lowest BCUT2D eigenvalue weighted by Gasteiger charge is -2.23. The number of benzene rings is 1. The molecule has 5 nitrogen and oxygen atoms in total. The van der Waals surface area contributed by atoms with Crippen molar-refractivity contribution in [3.8, 4) is 11.3 Å². The molecule has 1 saturated carbocycles. The molecule has 130 valence electrons. The molecule has 2 aromatic rings. The Hall–Kier alpha value is -1.73. The van der Waals surface area contributed by atoms with Crippen LogP contribution in [0.2, 0.25) is 0 Å². The lowest BCUT2D eigenvalue weighted by molar-refractivity contribution is -0.137. The van der Waals surface area contributed by atoms with Crippen molar-refractivity contribution in [3.05, 3.63) is 34.1 Å². The number of thiazole rings is 1. The highest BCUT2D eigenvalue weighted by Gasteiger charge is 2.40. The molecule has 4 rings (SSSR count). The van der Waals surface area contributed by atoms with Gasteiger partial charge < -0.3 is 10.2 Å². The van der Waals surface area contributed by atoms with E-state index in [-0.39, 0.29) is 23.8 Å². The third-order valence-corrected chi connectivity index (χ3v) is 5.87. The van der Waals surface area contributed by atoms with Crippen molar-refractivity contribution in [1.29, 1.82) is 0 Å². The van der Waals surface area contributed by atoms with Gasteiger partial charge in [-0.2, -0.15) is 0 Å². The minimum atomic E-state index is -0.355. The van der Waals surface area contributed by atoms with Gasteiger partial charge in [0.05, 0.1) is 5.69 Å². The van der Waals surface area contributed by atoms with E-state index in [1.54, 1.807) is 4.90 Å². The lowest BCUT2D eigenvalue weighted by atomic mass is 10.2. The van der Waals surface area contributed by atoms with E-state index in [9.17, 15) is 9.59 Å². The summed E-state index contributed by atoms with van der Waals surface area (Å²) in [4.78, 5) is 31.2. The lowest BCUT2D eigenvalue weighted by Crippen LogP contribution is -2.43. The van der Waals surface area contributed by atoms with E-state index >= 15 is 0 Å². The van der Waals surface area contributed by atoms with E-state index in [2.05, 4.69) is 26.2 Å². The SMILES string of the molecule is O=C(Nc1nc(-c2cccc(Br)c2)cs1)C1CCCN1C(=O)C1CC1. The number of halogens is 1. The number of likely N-dealkylation sites (tertiary alicyclic amines) is 1. The van der Waals surface area contributed by atoms with Crippen LogP contribution < -0.4 is 5.32 Å². The number of carbonyl (C=O) groups is 2. The summed E-state index contributed by atoms with van der Waals surface area (Å²) < 4.78 is 0.990. The van der Waals surface area contributed by atoms with E-state index in [0.29, 0.717) is 11.7 Å². The Balaban J connectivity index is 1.45. The average molecular weight is 420 g/mol. The Labute approximate surface area is 158 Å². The van der Waals surface area contributed by atoms with Crippen LogP contribution in [-0.2, 0) is 9.59 Å². The van der Waals surface area contributed by atoms with Gasteiger partial charge in [0, 0.05) is 27.9 Å². The highest BCUT2D eigenvalue weighted by atomic mass is 79.9. The van der Waals surface area contributed by atoms with Crippen LogP contribution >= 0.6 is 27.3 Å². The number of rotatable bonds is 4. The number of carbonyl (C=O) groups excluding carboxylic acids is 2. The molecule has 2 fully saturated rings. The quantitative estimate of drug-likeness (QED) is 0.816. The molecule has 1 saturated heterocycles. The second-order valence-corrected chi connectivity index (χ2v) is 8.28. The van der Waals surface area contributed by atoms with Gasteiger partial charge in [-0.15, -0.1) is 11.3 Å². The number of anilines is 1. The maximum atomic E-state index is 12.6. The molecular formula is C18H18BrN3O2S. The van der Waals surface area contributed by atoms with Crippen LogP contribution in [0.1, 0.15) is 25.7 Å². The fourth-order valence-electron chi connectivity index (χ4n) is 3.17. The number of hydrogen-bond donors (Lipinski definition) is 1. The zero-order valence-corrected chi connectivity index (χ0v) is 16.0. The summed E-state index contributed by atoms with van der Waals surface area (Å²) >= 11 is 4.86. The summed E-state index contributed by atoms with van der Waals surface area (Å²) in [5.74, 6) is 0.171. The van der Waals surface area contributed by atoms with E-state index in [1.165, 1.54) is 11.3 Å². The van der Waals surface area contributed by atoms with Crippen LogP contribution in [0.25, 0.3) is 11.3 Å². The Morgan fingerprint density at radius 3 is 2.88 bits per heavy atom. The van der Waals surface area contributed by atoms with Crippen LogP contribution in [0.3, 0.4) is 0 Å². The standard InChI is InChI=1S/C18H18BrN3O2S/c19-13-4-1-3-12(9-13)14-10-25-18(20-14)21-16(23)15-5-2-8-22(15)17(24)11-6-7-11/h1,3-4,9-11,15H,2,5-8H2,(H,20,21,23). The molecule has 1 unspecified atom stereocenters. The molecule has 0 spiro atoms. The van der Waals surface area contributed by atoms with Gasteiger partial charge in [0.15, 0.2) is 5.13 Å². The van der Waals surface area contributed by atoms with Crippen LogP contribution in [0.5, 0.6) is 0 Å². The first-order valence-corrected chi connectivity index (χ1v) is 10.1. The van der Waals surface area contributed by atoms with E-state index in [0.717, 1.165) is 41.4 Å². The molecule has 7 heteroatoms. The summed E-state index contributed by atoms with van der Waals surface area (Å²) in [6.45, 7) is 0.689. The van der Waals surface area contributed by atoms with Crippen LogP contribution in [0.15, 0.2) is 34.1 Å². The molecule has 0 radical (unpaired) electrons. The first kappa shape index (κ1) is 16.7. The van der Waals surface area contributed by atoms with Gasteiger partial charge in [-0.1, -0.05) is 28.1 Å². The largest absolute Gasteiger partial charge is 0.330 e. The maximum Gasteiger partial charge on any atom is 0.248 e. The average Bonchev–Trinajstić information content (AvgIpc) is 3.15. The van der Waals surface area contributed by atoms with Gasteiger partial charge in [0.2, 0.25) is 11.8 Å². The van der Waals surface area contributed by atoms with Gasteiger partial charge >= 0.3 is 0 Å². The minimum absolute atomic E-state index is 0.123. The van der Waals surface area contributed by atoms with Crippen molar-refractivity contribution in [3.63, 3.8) is 0 Å². The number of nitrogens with zero attached hydrogens (tertiary/aromatic N) is 2. The first-order chi connectivity index (χ1) is 12.1. The third kappa shape index (κ3) is 3.62. The highest BCUT2D eigenvalue weighted by Crippen LogP contribution is 2.34. The first-order valence-electron chi connectivity index (χ1n) is 8.44. The Kier molecular flexibility index (Phi) is 4.60. The predicted molar refractivity (Wildman–Crippen MR) is 101 cm³/mol. The van der Waals surface area contributed by atoms with Crippen molar-refractivity contribution in [2.45, 2.75) is 31.7 Å². The Bertz CT molecular complexity index is 818. The molecule has 1 N–H and O–H groups in total. The summed E-state index contributed by atoms with van der Waals surface area (Å²) in [7, 11) is 0. The fraction of sp³-hybridized carbons (Fsp3) is 0.389. The van der Waals surface area contributed by atoms with Crippen molar-refractivity contribution in [2.24, 2.45) is 5.92 Å². The molecule has 1 aliphatic heterocycles. The van der Waals surface area contributed by atoms with E-state index in [4.69, 9.17) is 0 Å². The van der Waals surface area contributed by atoms with Gasteiger partial charge in [-0.3, -0.25) is 9.59 Å². The minimum Gasteiger partial charge on any atom is -0.330 e. The predicted octanol–water partition coefficient (Wildman–Crippen LogP) is 3.91. The highest BCUT2D eigenvalue weighted by molar-refractivity contribution is 9.10. The van der Waals surface area contributed by atoms with Crippen molar-refractivity contribution in [2.75, 3.05) is 11.9 Å². The molecule has 25 heavy (non-hydrogen) atoms. The smallest absolute Gasteiger partial charge is 0.248 e. The zero-order valence-electron chi connectivity index (χ0n) is 13.6. The van der Waals surface area contributed by atoms with Gasteiger partial charge in [-0.05, 0) is 37.8 Å². The van der Waals surface area contributed by atoms with Crippen LogP contribution in [0.4, 0.5) is 5.13 Å². The zero-order chi connectivity index (χ0) is 17.4. The summed E-state index contributed by atoms with van der Waals surface area (Å²) in [6.07, 6.45) is 3.55. The van der Waals surface area contributed by atoms with Crippen molar-refractivity contribution in [1.82, 2.24) is 9.88 Å². The topological polar surface area (TPSA) is 62.3 Å². The molecule has 1 atom stereocenters. The van der Waals surface area contributed by atoms with Crippen LogP contribution in [-0.4, -0.2) is 34.3 Å². The summed E-state index contributed by atoms with van der Waals surface area (Å²) in [6, 6.07) is 7.54. The molecule has 2 heterocycles. The van der Waals surface area contributed by atoms with Gasteiger partial charge in [-0.25, -0.2) is 4.98 Å². The van der Waals surface area contributed by atoms with Crippen molar-refractivity contribution >= 4 is 44.2 Å². The van der Waals surface area contributed by atoms with Crippen molar-refractivity contribution < 1.29 is 9.59 Å². The Morgan fingerprint density at radius 2 is 2.12 bits per heavy atom. The second kappa shape index (κ2) is 6.88. The van der Waals surface area contributed by atoms with Gasteiger partial charge in [0.25, 0.3) is 0 Å². The molecule has 1 aliphatic carbocycles. The molecule has 2 aliphatic rings. The van der Waals surface area contributed by atoms with Crippen LogP contribution in [0, 0.1) is 5.92 Å². The summed E-state index contributed by atoms with van der Waals surface area (Å²) in [5.41, 5.74) is 1.83. The summed E-state index contributed by atoms with van der Waals surface area (Å²) in [5, 5.41) is 5.40. The number of aromatic nitrogens is 1. The van der Waals surface area contributed by atoms with E-state index < -0.39 is 0 Å². The van der Waals surface area contributed by atoms with E-state index in [1.807, 2.05) is 29.6 Å². The molecule has 2 amide bonds. The number of nitrogens with one attached hydrogen (secondary N) is 1. The normalized spacial score (nSPS) is 19.9.